The number of nitrogens with zero attached hydrogens (tertiary/aromatic N) is 1. The molecule has 0 aliphatic carbocycles. The van der Waals surface area contributed by atoms with Gasteiger partial charge in [0, 0.05) is 23.2 Å². The number of carbonyl (C=O) groups is 1. The molecule has 2 aromatic rings. The van der Waals surface area contributed by atoms with Crippen LogP contribution in [0.1, 0.15) is 36.6 Å². The molecule has 1 aromatic carbocycles. The Bertz CT molecular complexity index is 607. The van der Waals surface area contributed by atoms with Crippen LogP contribution < -0.4 is 5.32 Å². The number of thiazole rings is 1. The summed E-state index contributed by atoms with van der Waals surface area (Å²) in [7, 11) is 0. The van der Waals surface area contributed by atoms with Crippen LogP contribution in [0.4, 0.5) is 0 Å². The Kier molecular flexibility index (Phi) is 6.10. The lowest BCUT2D eigenvalue weighted by atomic mass is 10.1. The van der Waals surface area contributed by atoms with E-state index in [9.17, 15) is 9.90 Å². The fraction of sp³-hybridized carbons (Fsp3) is 0.412. The zero-order chi connectivity index (χ0) is 15.9. The van der Waals surface area contributed by atoms with E-state index in [1.165, 1.54) is 5.56 Å². The van der Waals surface area contributed by atoms with Gasteiger partial charge in [0.2, 0.25) is 0 Å². The smallest absolute Gasteiger partial charge is 0.320 e. The van der Waals surface area contributed by atoms with Crippen LogP contribution in [0.2, 0.25) is 0 Å². The van der Waals surface area contributed by atoms with E-state index in [-0.39, 0.29) is 0 Å². The number of aliphatic carboxylic acids is 1. The van der Waals surface area contributed by atoms with Gasteiger partial charge in [-0.2, -0.15) is 0 Å². The largest absolute Gasteiger partial charge is 0.480 e. The Labute approximate surface area is 135 Å². The third-order valence-electron chi connectivity index (χ3n) is 3.52. The van der Waals surface area contributed by atoms with E-state index >= 15 is 0 Å². The molecule has 1 unspecified atom stereocenters. The second-order valence-electron chi connectivity index (χ2n) is 5.41. The molecule has 0 saturated heterocycles. The van der Waals surface area contributed by atoms with E-state index < -0.39 is 12.0 Å². The first-order chi connectivity index (χ1) is 10.6. The standard InChI is InChI=1S/C17H22N2O2S/c1-3-4-5-15(17(20)21)18-10-14-11-19-16(22-14)13-8-6-12(2)7-9-13/h6-9,11,15,18H,3-5,10H2,1-2H3,(H,20,21). The summed E-state index contributed by atoms with van der Waals surface area (Å²) >= 11 is 1.60. The fourth-order valence-corrected chi connectivity index (χ4v) is 3.03. The minimum atomic E-state index is -0.781. The van der Waals surface area contributed by atoms with Gasteiger partial charge in [-0.15, -0.1) is 11.3 Å². The first-order valence-electron chi connectivity index (χ1n) is 7.58. The maximum Gasteiger partial charge on any atom is 0.320 e. The van der Waals surface area contributed by atoms with Gasteiger partial charge in [-0.25, -0.2) is 4.98 Å². The maximum atomic E-state index is 11.2. The van der Waals surface area contributed by atoms with E-state index in [1.54, 1.807) is 11.3 Å². The van der Waals surface area contributed by atoms with Crippen LogP contribution in [0.3, 0.4) is 0 Å². The van der Waals surface area contributed by atoms with Crippen LogP contribution in [0, 0.1) is 6.92 Å². The molecule has 1 atom stereocenters. The molecule has 1 heterocycles. The van der Waals surface area contributed by atoms with Gasteiger partial charge >= 0.3 is 5.97 Å². The van der Waals surface area contributed by atoms with Gasteiger partial charge in [0.25, 0.3) is 0 Å². The number of aromatic nitrogens is 1. The Morgan fingerprint density at radius 3 is 2.73 bits per heavy atom. The molecule has 0 bridgehead atoms. The van der Waals surface area contributed by atoms with E-state index in [2.05, 4.69) is 48.4 Å². The highest BCUT2D eigenvalue weighted by molar-refractivity contribution is 7.15. The molecule has 0 amide bonds. The highest BCUT2D eigenvalue weighted by Gasteiger charge is 2.16. The van der Waals surface area contributed by atoms with Crippen molar-refractivity contribution in [3.05, 3.63) is 40.9 Å². The number of hydrogen-bond acceptors (Lipinski definition) is 4. The van der Waals surface area contributed by atoms with E-state index in [0.717, 1.165) is 28.3 Å². The van der Waals surface area contributed by atoms with Crippen molar-refractivity contribution < 1.29 is 9.90 Å². The molecule has 0 aliphatic heterocycles. The second-order valence-corrected chi connectivity index (χ2v) is 6.53. The second kappa shape index (κ2) is 8.06. The van der Waals surface area contributed by atoms with Crippen molar-refractivity contribution in [2.24, 2.45) is 0 Å². The number of rotatable bonds is 8. The van der Waals surface area contributed by atoms with Crippen molar-refractivity contribution in [2.45, 2.75) is 45.7 Å². The number of aryl methyl sites for hydroxylation is 1. The normalized spacial score (nSPS) is 12.3. The third kappa shape index (κ3) is 4.64. The predicted octanol–water partition coefficient (Wildman–Crippen LogP) is 3.85. The molecule has 1 aromatic heterocycles. The van der Waals surface area contributed by atoms with Gasteiger partial charge < -0.3 is 5.11 Å². The number of unbranched alkanes of at least 4 members (excludes halogenated alkanes) is 1. The molecule has 0 saturated carbocycles. The number of carboxylic acids is 1. The number of nitrogens with one attached hydrogen (secondary N) is 1. The summed E-state index contributed by atoms with van der Waals surface area (Å²) in [6, 6.07) is 7.78. The van der Waals surface area contributed by atoms with Gasteiger partial charge in [-0.1, -0.05) is 49.6 Å². The molecule has 2 N–H and O–H groups in total. The van der Waals surface area contributed by atoms with Crippen molar-refractivity contribution in [2.75, 3.05) is 0 Å². The lowest BCUT2D eigenvalue weighted by molar-refractivity contribution is -0.139. The molecule has 2 rings (SSSR count). The van der Waals surface area contributed by atoms with E-state index in [0.29, 0.717) is 13.0 Å². The highest BCUT2D eigenvalue weighted by Crippen LogP contribution is 2.25. The molecule has 0 spiro atoms. The van der Waals surface area contributed by atoms with E-state index in [1.807, 2.05) is 6.20 Å². The van der Waals surface area contributed by atoms with Gasteiger partial charge in [0.05, 0.1) is 0 Å². The van der Waals surface area contributed by atoms with Crippen molar-refractivity contribution in [3.8, 4) is 10.6 Å². The third-order valence-corrected chi connectivity index (χ3v) is 4.57. The van der Waals surface area contributed by atoms with Crippen LogP contribution >= 0.6 is 11.3 Å². The van der Waals surface area contributed by atoms with Gasteiger partial charge in [-0.3, -0.25) is 10.1 Å². The highest BCUT2D eigenvalue weighted by atomic mass is 32.1. The molecule has 118 valence electrons. The first kappa shape index (κ1) is 16.6. The van der Waals surface area contributed by atoms with Crippen molar-refractivity contribution in [3.63, 3.8) is 0 Å². The molecule has 0 fully saturated rings. The monoisotopic (exact) mass is 318 g/mol. The minimum Gasteiger partial charge on any atom is -0.480 e. The summed E-state index contributed by atoms with van der Waals surface area (Å²) in [5.74, 6) is -0.781. The number of benzene rings is 1. The van der Waals surface area contributed by atoms with Crippen LogP contribution in [0.15, 0.2) is 30.5 Å². The molecule has 4 nitrogen and oxygen atoms in total. The van der Waals surface area contributed by atoms with Crippen LogP contribution in [-0.4, -0.2) is 22.1 Å². The summed E-state index contributed by atoms with van der Waals surface area (Å²) < 4.78 is 0. The molecule has 5 heteroatoms. The average molecular weight is 318 g/mol. The molecular formula is C17H22N2O2S. The Morgan fingerprint density at radius 1 is 1.36 bits per heavy atom. The van der Waals surface area contributed by atoms with Gasteiger partial charge in [-0.05, 0) is 13.3 Å². The molecule has 0 radical (unpaired) electrons. The zero-order valence-corrected chi connectivity index (χ0v) is 13.8. The summed E-state index contributed by atoms with van der Waals surface area (Å²) in [4.78, 5) is 16.7. The lowest BCUT2D eigenvalue weighted by Gasteiger charge is -2.12. The van der Waals surface area contributed by atoms with Crippen LogP contribution in [0.5, 0.6) is 0 Å². The molecule has 22 heavy (non-hydrogen) atoms. The molecule has 0 aliphatic rings. The van der Waals surface area contributed by atoms with Gasteiger partial charge in [0.15, 0.2) is 0 Å². The van der Waals surface area contributed by atoms with Crippen molar-refractivity contribution in [1.82, 2.24) is 10.3 Å². The van der Waals surface area contributed by atoms with Crippen LogP contribution in [0.25, 0.3) is 10.6 Å². The number of carboxylic acid groups (broad SMARTS) is 1. The quantitative estimate of drug-likeness (QED) is 0.776. The Morgan fingerprint density at radius 2 is 2.09 bits per heavy atom. The minimum absolute atomic E-state index is 0.482. The Hall–Kier alpha value is -1.72. The van der Waals surface area contributed by atoms with Crippen LogP contribution in [-0.2, 0) is 11.3 Å². The summed E-state index contributed by atoms with van der Waals surface area (Å²) in [5.41, 5.74) is 2.32. The zero-order valence-electron chi connectivity index (χ0n) is 13.0. The van der Waals surface area contributed by atoms with Crippen molar-refractivity contribution >= 4 is 17.3 Å². The molecular weight excluding hydrogens is 296 g/mol. The number of hydrogen-bond donors (Lipinski definition) is 2. The van der Waals surface area contributed by atoms with Gasteiger partial charge in [0.1, 0.15) is 11.0 Å². The average Bonchev–Trinajstić information content (AvgIpc) is 2.96. The summed E-state index contributed by atoms with van der Waals surface area (Å²) in [5, 5.41) is 13.3. The predicted molar refractivity (Wildman–Crippen MR) is 90.1 cm³/mol. The SMILES string of the molecule is CCCCC(NCc1cnc(-c2ccc(C)cc2)s1)C(=O)O. The fourth-order valence-electron chi connectivity index (χ4n) is 2.16. The Balaban J connectivity index is 1.96. The first-order valence-corrected chi connectivity index (χ1v) is 8.39. The van der Waals surface area contributed by atoms with E-state index in [4.69, 9.17) is 0 Å². The topological polar surface area (TPSA) is 62.2 Å². The summed E-state index contributed by atoms with van der Waals surface area (Å²) in [6.45, 7) is 4.67. The maximum absolute atomic E-state index is 11.2. The lowest BCUT2D eigenvalue weighted by Crippen LogP contribution is -2.35. The summed E-state index contributed by atoms with van der Waals surface area (Å²) in [6.07, 6.45) is 4.41. The van der Waals surface area contributed by atoms with Crippen molar-refractivity contribution in [1.29, 1.82) is 0 Å².